The molecule has 1 aromatic rings. The minimum Gasteiger partial charge on any atom is -0.365 e. The van der Waals surface area contributed by atoms with E-state index < -0.39 is 0 Å². The van der Waals surface area contributed by atoms with Gasteiger partial charge in [0, 0.05) is 19.3 Å². The third-order valence-electron chi connectivity index (χ3n) is 2.85. The first-order valence-electron chi connectivity index (χ1n) is 5.62. The number of nitrogens with zero attached hydrogens (tertiary/aromatic N) is 3. The Hall–Kier alpha value is -1.82. The van der Waals surface area contributed by atoms with E-state index in [4.69, 9.17) is 5.26 Å². The first-order chi connectivity index (χ1) is 7.85. The third-order valence-corrected chi connectivity index (χ3v) is 2.85. The highest BCUT2D eigenvalue weighted by Crippen LogP contribution is 2.25. The molecular weight excluding hydrogens is 198 g/mol. The minimum atomic E-state index is 0.716. The van der Waals surface area contributed by atoms with E-state index in [1.807, 2.05) is 0 Å². The second-order valence-electron chi connectivity index (χ2n) is 3.95. The van der Waals surface area contributed by atoms with Gasteiger partial charge in [0.25, 0.3) is 0 Å². The number of nitriles is 1. The van der Waals surface area contributed by atoms with Crippen molar-refractivity contribution < 1.29 is 0 Å². The summed E-state index contributed by atoms with van der Waals surface area (Å²) >= 11 is 0. The van der Waals surface area contributed by atoms with Crippen LogP contribution < -0.4 is 4.90 Å². The van der Waals surface area contributed by atoms with Gasteiger partial charge >= 0.3 is 0 Å². The van der Waals surface area contributed by atoms with Crippen molar-refractivity contribution in [1.82, 2.24) is 4.98 Å². The first-order valence-corrected chi connectivity index (χ1v) is 5.62. The van der Waals surface area contributed by atoms with Crippen molar-refractivity contribution in [3.8, 4) is 6.07 Å². The highest BCUT2D eigenvalue weighted by atomic mass is 15.2. The lowest BCUT2D eigenvalue weighted by atomic mass is 10.2. The van der Waals surface area contributed by atoms with Crippen LogP contribution in [0.4, 0.5) is 5.69 Å². The molecule has 2 rings (SSSR count). The molecule has 0 amide bonds. The Balaban J connectivity index is 2.21. The van der Waals surface area contributed by atoms with Crippen molar-refractivity contribution in [1.29, 1.82) is 5.26 Å². The van der Waals surface area contributed by atoms with Gasteiger partial charge in [0.05, 0.1) is 17.4 Å². The second-order valence-corrected chi connectivity index (χ2v) is 3.95. The van der Waals surface area contributed by atoms with Gasteiger partial charge < -0.3 is 4.90 Å². The van der Waals surface area contributed by atoms with Crippen molar-refractivity contribution in [3.63, 3.8) is 0 Å². The fourth-order valence-electron chi connectivity index (χ4n) is 2.08. The van der Waals surface area contributed by atoms with E-state index in [1.54, 1.807) is 18.5 Å². The molecule has 0 unspecified atom stereocenters. The summed E-state index contributed by atoms with van der Waals surface area (Å²) < 4.78 is 0. The average Bonchev–Trinajstić information content (AvgIpc) is 2.78. The van der Waals surface area contributed by atoms with Gasteiger partial charge in [-0.25, -0.2) is 0 Å². The zero-order valence-corrected chi connectivity index (χ0v) is 9.48. The molecule has 0 bridgehead atoms. The number of anilines is 1. The lowest BCUT2D eigenvalue weighted by Crippen LogP contribution is -2.19. The van der Waals surface area contributed by atoms with Crippen LogP contribution in [0.3, 0.4) is 0 Å². The third kappa shape index (κ3) is 2.06. The van der Waals surface area contributed by atoms with E-state index in [1.165, 1.54) is 5.57 Å². The molecule has 0 N–H and O–H groups in total. The summed E-state index contributed by atoms with van der Waals surface area (Å²) in [5, 5.41) is 9.03. The molecule has 1 aliphatic rings. The van der Waals surface area contributed by atoms with Gasteiger partial charge in [0.1, 0.15) is 6.07 Å². The predicted molar refractivity (Wildman–Crippen MR) is 64.2 cm³/mol. The van der Waals surface area contributed by atoms with Crippen LogP contribution in [0.25, 0.3) is 0 Å². The van der Waals surface area contributed by atoms with Gasteiger partial charge in [-0.1, -0.05) is 18.6 Å². The van der Waals surface area contributed by atoms with Crippen molar-refractivity contribution in [2.45, 2.75) is 19.8 Å². The topological polar surface area (TPSA) is 39.9 Å². The normalized spacial score (nSPS) is 17.8. The SMILES string of the molecule is CC/C=C1/CCN(c2cnccc2C#N)C1. The molecular formula is C13H15N3. The molecule has 82 valence electrons. The summed E-state index contributed by atoms with van der Waals surface area (Å²) in [4.78, 5) is 6.33. The van der Waals surface area contributed by atoms with Crippen molar-refractivity contribution in [2.75, 3.05) is 18.0 Å². The number of rotatable bonds is 2. The summed E-state index contributed by atoms with van der Waals surface area (Å²) in [5.41, 5.74) is 3.15. The van der Waals surface area contributed by atoms with Crippen LogP contribution in [-0.4, -0.2) is 18.1 Å². The van der Waals surface area contributed by atoms with Crippen LogP contribution in [0.15, 0.2) is 30.1 Å². The van der Waals surface area contributed by atoms with E-state index in [2.05, 4.69) is 29.0 Å². The van der Waals surface area contributed by atoms with Gasteiger partial charge in [0.2, 0.25) is 0 Å². The molecule has 3 heteroatoms. The molecule has 16 heavy (non-hydrogen) atoms. The number of hydrogen-bond donors (Lipinski definition) is 0. The van der Waals surface area contributed by atoms with Crippen LogP contribution in [0.1, 0.15) is 25.3 Å². The Labute approximate surface area is 96.0 Å². The number of aromatic nitrogens is 1. The van der Waals surface area contributed by atoms with Crippen LogP contribution >= 0.6 is 0 Å². The maximum absolute atomic E-state index is 9.03. The first kappa shape index (κ1) is 10.7. The molecule has 0 saturated carbocycles. The van der Waals surface area contributed by atoms with Gasteiger partial charge in [-0.15, -0.1) is 0 Å². The summed E-state index contributed by atoms with van der Waals surface area (Å²) in [6, 6.07) is 3.99. The predicted octanol–water partition coefficient (Wildman–Crippen LogP) is 2.50. The molecule has 0 spiro atoms. The molecule has 3 nitrogen and oxygen atoms in total. The number of allylic oxidation sites excluding steroid dienone is 1. The van der Waals surface area contributed by atoms with Crippen molar-refractivity contribution >= 4 is 5.69 Å². The maximum atomic E-state index is 9.03. The zero-order valence-electron chi connectivity index (χ0n) is 9.48. The van der Waals surface area contributed by atoms with Gasteiger partial charge in [-0.2, -0.15) is 5.26 Å². The van der Waals surface area contributed by atoms with Crippen LogP contribution in [0.5, 0.6) is 0 Å². The zero-order chi connectivity index (χ0) is 11.4. The van der Waals surface area contributed by atoms with Crippen LogP contribution in [0, 0.1) is 11.3 Å². The highest BCUT2D eigenvalue weighted by molar-refractivity contribution is 5.59. The van der Waals surface area contributed by atoms with Gasteiger partial charge in [-0.3, -0.25) is 4.98 Å². The lowest BCUT2D eigenvalue weighted by Gasteiger charge is -2.17. The Morgan fingerprint density at radius 2 is 2.50 bits per heavy atom. The molecule has 1 aliphatic heterocycles. The van der Waals surface area contributed by atoms with Crippen LogP contribution in [0.2, 0.25) is 0 Å². The quantitative estimate of drug-likeness (QED) is 0.709. The average molecular weight is 213 g/mol. The molecule has 1 aromatic heterocycles. The fourth-order valence-corrected chi connectivity index (χ4v) is 2.08. The Morgan fingerprint density at radius 3 is 3.25 bits per heavy atom. The Kier molecular flexibility index (Phi) is 3.21. The van der Waals surface area contributed by atoms with E-state index >= 15 is 0 Å². The summed E-state index contributed by atoms with van der Waals surface area (Å²) in [7, 11) is 0. The molecule has 0 atom stereocenters. The molecule has 1 fully saturated rings. The number of pyridine rings is 1. The summed E-state index contributed by atoms with van der Waals surface area (Å²) in [5.74, 6) is 0. The molecule has 2 heterocycles. The molecule has 1 saturated heterocycles. The maximum Gasteiger partial charge on any atom is 0.101 e. The van der Waals surface area contributed by atoms with E-state index in [0.717, 1.165) is 31.6 Å². The largest absolute Gasteiger partial charge is 0.365 e. The van der Waals surface area contributed by atoms with E-state index in [0.29, 0.717) is 5.56 Å². The van der Waals surface area contributed by atoms with Crippen LogP contribution in [-0.2, 0) is 0 Å². The Bertz CT molecular complexity index is 443. The Morgan fingerprint density at radius 1 is 1.62 bits per heavy atom. The standard InChI is InChI=1S/C13H15N3/c1-2-3-11-5-7-16(10-11)13-9-15-6-4-12(13)8-14/h3-4,6,9H,2,5,7,10H2,1H3/b11-3-. The van der Waals surface area contributed by atoms with E-state index in [9.17, 15) is 0 Å². The summed E-state index contributed by atoms with van der Waals surface area (Å²) in [6.07, 6.45) is 7.92. The van der Waals surface area contributed by atoms with Gasteiger partial charge in [-0.05, 0) is 18.9 Å². The lowest BCUT2D eigenvalue weighted by molar-refractivity contribution is 0.958. The smallest absolute Gasteiger partial charge is 0.101 e. The fraction of sp³-hybridized carbons (Fsp3) is 0.385. The highest BCUT2D eigenvalue weighted by Gasteiger charge is 2.18. The molecule has 0 radical (unpaired) electrons. The van der Waals surface area contributed by atoms with Crippen molar-refractivity contribution in [3.05, 3.63) is 35.7 Å². The molecule has 0 aliphatic carbocycles. The summed E-state index contributed by atoms with van der Waals surface area (Å²) in [6.45, 7) is 4.08. The minimum absolute atomic E-state index is 0.716. The number of hydrogen-bond acceptors (Lipinski definition) is 3. The van der Waals surface area contributed by atoms with E-state index in [-0.39, 0.29) is 0 Å². The molecule has 0 aromatic carbocycles. The second kappa shape index (κ2) is 4.80. The van der Waals surface area contributed by atoms with Crippen molar-refractivity contribution in [2.24, 2.45) is 0 Å². The monoisotopic (exact) mass is 213 g/mol. The van der Waals surface area contributed by atoms with Gasteiger partial charge in [0.15, 0.2) is 0 Å².